The number of H-pyrrole nitrogens is 1. The molecule has 4 N–H and O–H groups in total. The number of rotatable bonds is 7. The summed E-state index contributed by atoms with van der Waals surface area (Å²) in [5.74, 6) is 1.56. The number of fused-ring (bicyclic) bond motifs is 3. The first-order valence-electron chi connectivity index (χ1n) is 12.5. The minimum atomic E-state index is -0.0987. The second-order valence-electron chi connectivity index (χ2n) is 9.32. The molecule has 7 nitrogen and oxygen atoms in total. The Bertz CT molecular complexity index is 1760. The maximum atomic E-state index is 13.2. The van der Waals surface area contributed by atoms with E-state index in [4.69, 9.17) is 15.7 Å². The van der Waals surface area contributed by atoms with Crippen LogP contribution in [0.1, 0.15) is 33.1 Å². The van der Waals surface area contributed by atoms with Crippen LogP contribution >= 0.6 is 0 Å². The molecule has 0 fully saturated rings. The van der Waals surface area contributed by atoms with Crippen molar-refractivity contribution < 1.29 is 4.79 Å². The van der Waals surface area contributed by atoms with Gasteiger partial charge in [-0.2, -0.15) is 0 Å². The molecular weight excluding hydrogens is 460 g/mol. The summed E-state index contributed by atoms with van der Waals surface area (Å²) in [6, 6.07) is 26.3. The third-order valence-corrected chi connectivity index (χ3v) is 6.95. The van der Waals surface area contributed by atoms with Gasteiger partial charge in [0.2, 0.25) is 0 Å². The van der Waals surface area contributed by atoms with E-state index in [2.05, 4.69) is 40.6 Å². The maximum absolute atomic E-state index is 13.2. The van der Waals surface area contributed by atoms with Crippen LogP contribution in [0.2, 0.25) is 0 Å². The van der Waals surface area contributed by atoms with E-state index in [9.17, 15) is 4.79 Å². The topological polar surface area (TPSA) is 102 Å². The van der Waals surface area contributed by atoms with Gasteiger partial charge in [-0.05, 0) is 52.6 Å². The van der Waals surface area contributed by atoms with Crippen molar-refractivity contribution in [1.29, 1.82) is 0 Å². The van der Waals surface area contributed by atoms with E-state index in [-0.39, 0.29) is 5.91 Å². The zero-order valence-electron chi connectivity index (χ0n) is 20.7. The molecule has 7 heteroatoms. The van der Waals surface area contributed by atoms with Gasteiger partial charge in [0.1, 0.15) is 11.6 Å². The van der Waals surface area contributed by atoms with Crippen LogP contribution in [-0.4, -0.2) is 32.0 Å². The molecule has 0 saturated heterocycles. The molecular formula is C30H28N6O. The Hall–Kier alpha value is -4.49. The van der Waals surface area contributed by atoms with Crippen molar-refractivity contribution in [2.75, 3.05) is 6.54 Å². The molecule has 0 atom stereocenters. The lowest BCUT2D eigenvalue weighted by molar-refractivity contribution is 0.0955. The molecule has 0 aliphatic heterocycles. The molecule has 6 rings (SSSR count). The fourth-order valence-electron chi connectivity index (χ4n) is 5.04. The number of carbonyl (C=O) groups is 1. The first-order valence-corrected chi connectivity index (χ1v) is 12.5. The molecule has 0 aliphatic carbocycles. The minimum Gasteiger partial charge on any atom is -0.352 e. The fourth-order valence-corrected chi connectivity index (χ4v) is 5.04. The number of nitrogens with one attached hydrogen (secondary N) is 2. The first-order chi connectivity index (χ1) is 18.1. The number of imidazole rings is 2. The standard InChI is InChI=1S/C30H28N6O/c1-36-28(17-27-33-24-13-12-19(18-31)16-26(24)34-27)35-25-11-5-10-23(29(25)36)30(37)32-15-14-21-8-4-7-20-6-2-3-9-22(20)21/h2-13,16H,14-15,17-18,31H2,1H3,(H,32,37)(H,33,34). The molecule has 0 bridgehead atoms. The Labute approximate surface area is 214 Å². The summed E-state index contributed by atoms with van der Waals surface area (Å²) in [4.78, 5) is 26.2. The Balaban J connectivity index is 1.22. The Kier molecular flexibility index (Phi) is 5.90. The summed E-state index contributed by atoms with van der Waals surface area (Å²) in [6.07, 6.45) is 1.29. The summed E-state index contributed by atoms with van der Waals surface area (Å²) in [5, 5.41) is 5.55. The summed E-state index contributed by atoms with van der Waals surface area (Å²) < 4.78 is 1.99. The monoisotopic (exact) mass is 488 g/mol. The minimum absolute atomic E-state index is 0.0987. The Morgan fingerprint density at radius 3 is 2.70 bits per heavy atom. The predicted molar refractivity (Wildman–Crippen MR) is 147 cm³/mol. The molecule has 2 heterocycles. The third-order valence-electron chi connectivity index (χ3n) is 6.95. The van der Waals surface area contributed by atoms with E-state index in [1.165, 1.54) is 16.3 Å². The number of para-hydroxylation sites is 1. The molecule has 1 amide bonds. The highest BCUT2D eigenvalue weighted by Gasteiger charge is 2.17. The van der Waals surface area contributed by atoms with E-state index in [0.717, 1.165) is 45.7 Å². The van der Waals surface area contributed by atoms with Crippen LogP contribution in [0.3, 0.4) is 0 Å². The number of aromatic amines is 1. The summed E-state index contributed by atoms with van der Waals surface area (Å²) in [6.45, 7) is 1.04. The zero-order chi connectivity index (χ0) is 25.4. The van der Waals surface area contributed by atoms with Crippen LogP contribution in [0.15, 0.2) is 78.9 Å². The fraction of sp³-hybridized carbons (Fsp3) is 0.167. The van der Waals surface area contributed by atoms with Crippen molar-refractivity contribution in [3.05, 3.63) is 107 Å². The van der Waals surface area contributed by atoms with Crippen molar-refractivity contribution >= 4 is 38.7 Å². The van der Waals surface area contributed by atoms with E-state index in [0.29, 0.717) is 25.1 Å². The quantitative estimate of drug-likeness (QED) is 0.305. The SMILES string of the molecule is Cn1c(Cc2nc3cc(CN)ccc3[nH]2)nc2cccc(C(=O)NCCc3cccc4ccccc34)c21. The van der Waals surface area contributed by atoms with Crippen LogP contribution in [-0.2, 0) is 26.4 Å². The number of amides is 1. The number of nitrogens with zero attached hydrogens (tertiary/aromatic N) is 3. The normalized spacial score (nSPS) is 11.5. The Morgan fingerprint density at radius 1 is 0.973 bits per heavy atom. The van der Waals surface area contributed by atoms with Gasteiger partial charge in [0, 0.05) is 20.1 Å². The summed E-state index contributed by atoms with van der Waals surface area (Å²) in [7, 11) is 1.95. The summed E-state index contributed by atoms with van der Waals surface area (Å²) >= 11 is 0. The van der Waals surface area contributed by atoms with Gasteiger partial charge in [0.15, 0.2) is 0 Å². The van der Waals surface area contributed by atoms with Crippen LogP contribution in [0.25, 0.3) is 32.8 Å². The third kappa shape index (κ3) is 4.34. The van der Waals surface area contributed by atoms with Gasteiger partial charge < -0.3 is 20.6 Å². The maximum Gasteiger partial charge on any atom is 0.253 e. The molecule has 0 saturated carbocycles. The van der Waals surface area contributed by atoms with Gasteiger partial charge in [0.05, 0.1) is 34.1 Å². The van der Waals surface area contributed by atoms with E-state index < -0.39 is 0 Å². The predicted octanol–water partition coefficient (Wildman–Crippen LogP) is 4.62. The largest absolute Gasteiger partial charge is 0.352 e. The molecule has 0 radical (unpaired) electrons. The second kappa shape index (κ2) is 9.52. The second-order valence-corrected chi connectivity index (χ2v) is 9.32. The smallest absolute Gasteiger partial charge is 0.253 e. The van der Waals surface area contributed by atoms with Gasteiger partial charge in [-0.1, -0.05) is 54.6 Å². The number of hydrogen-bond acceptors (Lipinski definition) is 4. The lowest BCUT2D eigenvalue weighted by Gasteiger charge is -2.10. The number of aromatic nitrogens is 4. The van der Waals surface area contributed by atoms with Crippen molar-refractivity contribution in [1.82, 2.24) is 24.8 Å². The molecule has 2 aromatic heterocycles. The number of nitrogens with two attached hydrogens (primary N) is 1. The molecule has 37 heavy (non-hydrogen) atoms. The molecule has 4 aromatic carbocycles. The average molecular weight is 489 g/mol. The lowest BCUT2D eigenvalue weighted by atomic mass is 10.0. The number of benzene rings is 4. The van der Waals surface area contributed by atoms with Gasteiger partial charge in [0.25, 0.3) is 5.91 Å². The van der Waals surface area contributed by atoms with E-state index in [1.807, 2.05) is 60.1 Å². The van der Waals surface area contributed by atoms with Gasteiger partial charge in [-0.25, -0.2) is 9.97 Å². The van der Waals surface area contributed by atoms with Crippen LogP contribution in [0.5, 0.6) is 0 Å². The highest BCUT2D eigenvalue weighted by Crippen LogP contribution is 2.23. The van der Waals surface area contributed by atoms with Gasteiger partial charge >= 0.3 is 0 Å². The van der Waals surface area contributed by atoms with Gasteiger partial charge in [-0.15, -0.1) is 0 Å². The van der Waals surface area contributed by atoms with Crippen LogP contribution < -0.4 is 11.1 Å². The molecule has 0 spiro atoms. The number of aryl methyl sites for hydroxylation is 1. The molecule has 184 valence electrons. The van der Waals surface area contributed by atoms with Gasteiger partial charge in [-0.3, -0.25) is 4.79 Å². The highest BCUT2D eigenvalue weighted by molar-refractivity contribution is 6.05. The first kappa shape index (κ1) is 22.9. The van der Waals surface area contributed by atoms with Crippen LogP contribution in [0, 0.1) is 0 Å². The van der Waals surface area contributed by atoms with E-state index in [1.54, 1.807) is 0 Å². The number of hydrogen-bond donors (Lipinski definition) is 3. The average Bonchev–Trinajstić information content (AvgIpc) is 3.48. The summed E-state index contributed by atoms with van der Waals surface area (Å²) in [5.41, 5.74) is 12.1. The van der Waals surface area contributed by atoms with Crippen molar-refractivity contribution in [3.63, 3.8) is 0 Å². The number of carbonyl (C=O) groups excluding carboxylic acids is 1. The molecule has 0 unspecified atom stereocenters. The zero-order valence-corrected chi connectivity index (χ0v) is 20.7. The highest BCUT2D eigenvalue weighted by atomic mass is 16.1. The van der Waals surface area contributed by atoms with E-state index >= 15 is 0 Å². The van der Waals surface area contributed by atoms with Crippen molar-refractivity contribution in [3.8, 4) is 0 Å². The molecule has 6 aromatic rings. The van der Waals surface area contributed by atoms with Crippen LogP contribution in [0.4, 0.5) is 0 Å². The van der Waals surface area contributed by atoms with Crippen molar-refractivity contribution in [2.24, 2.45) is 12.8 Å². The molecule has 0 aliphatic rings. The van der Waals surface area contributed by atoms with Crippen molar-refractivity contribution in [2.45, 2.75) is 19.4 Å². The lowest BCUT2D eigenvalue weighted by Crippen LogP contribution is -2.26. The Morgan fingerprint density at radius 2 is 1.81 bits per heavy atom.